The number of amides is 2. The van der Waals surface area contributed by atoms with E-state index in [2.05, 4.69) is 22.5 Å². The van der Waals surface area contributed by atoms with E-state index in [4.69, 9.17) is 4.74 Å². The number of esters is 1. The second-order valence-corrected chi connectivity index (χ2v) is 13.6. The predicted octanol–water partition coefficient (Wildman–Crippen LogP) is 4.10. The van der Waals surface area contributed by atoms with Crippen molar-refractivity contribution in [3.05, 3.63) is 48.6 Å². The molecule has 7 atom stereocenters. The highest BCUT2D eigenvalue weighted by Gasteiger charge is 2.76. The summed E-state index contributed by atoms with van der Waals surface area (Å²) in [5, 5.41) is 10.5. The lowest BCUT2D eigenvalue weighted by molar-refractivity contribution is -0.154. The summed E-state index contributed by atoms with van der Waals surface area (Å²) in [5.74, 6) is -2.02. The topological polar surface area (TPSA) is 87.2 Å². The second-order valence-electron chi connectivity index (χ2n) is 10.8. The molecule has 9 heteroatoms. The van der Waals surface area contributed by atoms with Gasteiger partial charge in [0.15, 0.2) is 0 Å². The van der Waals surface area contributed by atoms with E-state index >= 15 is 0 Å². The SMILES string of the molecule is C=CCN(C(=O)C1N([C@H](CO)c2ccccc2)C(=O)[C@@H]2[C@H](C(=O)OCC)[C@H]3SC12CC3Br)C1CCCCC1. The number of nitrogens with zero attached hydrogens (tertiary/aromatic N) is 2. The predicted molar refractivity (Wildman–Crippen MR) is 151 cm³/mol. The number of carbonyl (C=O) groups excluding carboxylic acids is 3. The second kappa shape index (κ2) is 11.3. The van der Waals surface area contributed by atoms with Gasteiger partial charge in [0.25, 0.3) is 0 Å². The number of likely N-dealkylation sites (tertiary alicyclic amines) is 1. The molecule has 1 aromatic rings. The minimum atomic E-state index is -0.797. The molecule has 7 nitrogen and oxygen atoms in total. The summed E-state index contributed by atoms with van der Waals surface area (Å²) < 4.78 is 4.68. The minimum Gasteiger partial charge on any atom is -0.466 e. The number of aliphatic hydroxyl groups is 1. The molecule has 0 radical (unpaired) electrons. The third-order valence-electron chi connectivity index (χ3n) is 8.84. The van der Waals surface area contributed by atoms with Gasteiger partial charge in [0.1, 0.15) is 6.04 Å². The summed E-state index contributed by atoms with van der Waals surface area (Å²) in [6, 6.07) is 8.00. The van der Waals surface area contributed by atoms with Gasteiger partial charge in [-0.2, -0.15) is 0 Å². The Kier molecular flexibility index (Phi) is 8.27. The first-order valence-corrected chi connectivity index (χ1v) is 15.6. The summed E-state index contributed by atoms with van der Waals surface area (Å²) in [5.41, 5.74) is 0.771. The van der Waals surface area contributed by atoms with Crippen molar-refractivity contribution in [3.63, 3.8) is 0 Å². The van der Waals surface area contributed by atoms with Crippen LogP contribution in [0.5, 0.6) is 0 Å². The van der Waals surface area contributed by atoms with Gasteiger partial charge in [-0.3, -0.25) is 14.4 Å². The monoisotopic (exact) mass is 604 g/mol. The molecule has 2 bridgehead atoms. The van der Waals surface area contributed by atoms with Crippen LogP contribution in [0.3, 0.4) is 0 Å². The maximum atomic E-state index is 14.7. The van der Waals surface area contributed by atoms with Gasteiger partial charge < -0.3 is 19.6 Å². The van der Waals surface area contributed by atoms with Crippen LogP contribution in [0.1, 0.15) is 57.1 Å². The standard InChI is InChI=1S/C29H37BrN2O5S/c1-3-15-31(19-13-9-6-10-14-19)27(35)25-29-16-20(30)24(38-29)22(28(36)37-4-2)23(29)26(34)32(25)21(17-33)18-11-7-5-8-12-18/h3,5,7-8,11-12,19-25,33H,1,4,6,9-10,13-17H2,2H3/t20?,21-,22+,23+,24+,25?,29?/m1/s1. The zero-order valence-corrected chi connectivity index (χ0v) is 24.2. The number of halogens is 1. The first-order chi connectivity index (χ1) is 18.4. The highest BCUT2D eigenvalue weighted by atomic mass is 79.9. The summed E-state index contributed by atoms with van der Waals surface area (Å²) in [7, 11) is 0. The van der Waals surface area contributed by atoms with Crippen molar-refractivity contribution in [2.24, 2.45) is 11.8 Å². The first kappa shape index (κ1) is 27.7. The number of alkyl halides is 1. The van der Waals surface area contributed by atoms with Crippen LogP contribution in [0, 0.1) is 11.8 Å². The molecule has 5 rings (SSSR count). The molecule has 4 fully saturated rings. The Labute approximate surface area is 237 Å². The number of thioether (sulfide) groups is 1. The number of aliphatic hydroxyl groups excluding tert-OH is 1. The highest BCUT2D eigenvalue weighted by molar-refractivity contribution is 9.09. The number of carbonyl (C=O) groups is 3. The number of rotatable bonds is 9. The van der Waals surface area contributed by atoms with Crippen molar-refractivity contribution in [3.8, 4) is 0 Å². The van der Waals surface area contributed by atoms with Crippen LogP contribution in [0.2, 0.25) is 0 Å². The van der Waals surface area contributed by atoms with Gasteiger partial charge in [-0.15, -0.1) is 18.3 Å². The van der Waals surface area contributed by atoms with Crippen LogP contribution in [0.15, 0.2) is 43.0 Å². The number of hydrogen-bond donors (Lipinski definition) is 1. The molecule has 1 aliphatic carbocycles. The van der Waals surface area contributed by atoms with Gasteiger partial charge in [0.2, 0.25) is 11.8 Å². The average Bonchev–Trinajstić information content (AvgIpc) is 3.52. The zero-order chi connectivity index (χ0) is 27.0. The summed E-state index contributed by atoms with van der Waals surface area (Å²) in [4.78, 5) is 45.9. The molecule has 1 spiro atoms. The van der Waals surface area contributed by atoms with Gasteiger partial charge in [-0.1, -0.05) is 71.6 Å². The highest BCUT2D eigenvalue weighted by Crippen LogP contribution is 2.68. The molecule has 3 unspecified atom stereocenters. The van der Waals surface area contributed by atoms with Crippen molar-refractivity contribution < 1.29 is 24.2 Å². The maximum absolute atomic E-state index is 14.7. The van der Waals surface area contributed by atoms with E-state index in [0.717, 1.165) is 37.7 Å². The lowest BCUT2D eigenvalue weighted by Crippen LogP contribution is -2.58. The van der Waals surface area contributed by atoms with Gasteiger partial charge in [-0.25, -0.2) is 0 Å². The van der Waals surface area contributed by atoms with E-state index < -0.39 is 28.7 Å². The molecule has 3 heterocycles. The van der Waals surface area contributed by atoms with Crippen LogP contribution in [-0.4, -0.2) is 79.4 Å². The normalized spacial score (nSPS) is 33.2. The summed E-state index contributed by atoms with van der Waals surface area (Å²) in [6.07, 6.45) is 7.53. The Balaban J connectivity index is 1.62. The van der Waals surface area contributed by atoms with Crippen molar-refractivity contribution in [1.82, 2.24) is 9.80 Å². The fourth-order valence-corrected chi connectivity index (χ4v) is 10.9. The molecule has 3 aliphatic heterocycles. The number of hydrogen-bond acceptors (Lipinski definition) is 6. The van der Waals surface area contributed by atoms with Crippen LogP contribution in [0.4, 0.5) is 0 Å². The average molecular weight is 606 g/mol. The molecule has 2 amide bonds. The third-order valence-corrected chi connectivity index (χ3v) is 12.1. The Morgan fingerprint density at radius 3 is 2.63 bits per heavy atom. The van der Waals surface area contributed by atoms with Gasteiger partial charge in [-0.05, 0) is 31.7 Å². The van der Waals surface area contributed by atoms with Crippen LogP contribution in [0.25, 0.3) is 0 Å². The summed E-state index contributed by atoms with van der Waals surface area (Å²) in [6.45, 7) is 6.02. The Morgan fingerprint density at radius 2 is 2.00 bits per heavy atom. The van der Waals surface area contributed by atoms with Gasteiger partial charge in [0, 0.05) is 22.7 Å². The third kappa shape index (κ3) is 4.42. The van der Waals surface area contributed by atoms with Crippen LogP contribution >= 0.6 is 27.7 Å². The quantitative estimate of drug-likeness (QED) is 0.259. The van der Waals surface area contributed by atoms with E-state index in [0.29, 0.717) is 13.0 Å². The Hall–Kier alpha value is -1.84. The van der Waals surface area contributed by atoms with Gasteiger partial charge >= 0.3 is 5.97 Å². The van der Waals surface area contributed by atoms with Gasteiger partial charge in [0.05, 0.1) is 35.8 Å². The molecule has 1 saturated carbocycles. The molecular weight excluding hydrogens is 568 g/mol. The molecule has 38 heavy (non-hydrogen) atoms. The van der Waals surface area contributed by atoms with Crippen molar-refractivity contribution >= 4 is 45.5 Å². The number of benzene rings is 1. The molecule has 1 aromatic carbocycles. The van der Waals surface area contributed by atoms with E-state index in [-0.39, 0.29) is 47.1 Å². The molecule has 4 aliphatic rings. The zero-order valence-electron chi connectivity index (χ0n) is 21.8. The number of fused-ring (bicyclic) bond motifs is 1. The maximum Gasteiger partial charge on any atom is 0.310 e. The number of ether oxygens (including phenoxy) is 1. The van der Waals surface area contributed by atoms with E-state index in [9.17, 15) is 19.5 Å². The smallest absolute Gasteiger partial charge is 0.310 e. The lowest BCUT2D eigenvalue weighted by atomic mass is 9.71. The first-order valence-electron chi connectivity index (χ1n) is 13.8. The fraction of sp³-hybridized carbons (Fsp3) is 0.621. The van der Waals surface area contributed by atoms with E-state index in [1.165, 1.54) is 0 Å². The molecule has 206 valence electrons. The molecule has 0 aromatic heterocycles. The largest absolute Gasteiger partial charge is 0.466 e. The molecule has 3 saturated heterocycles. The van der Waals surface area contributed by atoms with Crippen molar-refractivity contribution in [2.75, 3.05) is 19.8 Å². The van der Waals surface area contributed by atoms with E-state index in [1.807, 2.05) is 35.2 Å². The molecule has 1 N–H and O–H groups in total. The molecular formula is C29H37BrN2O5S. The van der Waals surface area contributed by atoms with Crippen LogP contribution < -0.4 is 0 Å². The fourth-order valence-electron chi connectivity index (χ4n) is 7.33. The Morgan fingerprint density at radius 1 is 1.29 bits per heavy atom. The minimum absolute atomic E-state index is 0.0203. The van der Waals surface area contributed by atoms with Crippen molar-refractivity contribution in [1.29, 1.82) is 0 Å². The summed E-state index contributed by atoms with van der Waals surface area (Å²) >= 11 is 5.40. The lowest BCUT2D eigenvalue weighted by Gasteiger charge is -2.42. The Bertz CT molecular complexity index is 1070. The van der Waals surface area contributed by atoms with Crippen LogP contribution in [-0.2, 0) is 19.1 Å². The van der Waals surface area contributed by atoms with E-state index in [1.54, 1.807) is 29.7 Å². The van der Waals surface area contributed by atoms with Crippen molar-refractivity contribution in [2.45, 2.75) is 78.4 Å².